The van der Waals surface area contributed by atoms with Crippen LogP contribution in [-0.4, -0.2) is 129 Å². The molecule has 0 aliphatic rings. The third-order valence-electron chi connectivity index (χ3n) is 8.30. The van der Waals surface area contributed by atoms with Crippen molar-refractivity contribution >= 4 is 23.3 Å². The molecule has 0 fully saturated rings. The van der Waals surface area contributed by atoms with Crippen molar-refractivity contribution in [2.24, 2.45) is 11.8 Å². The van der Waals surface area contributed by atoms with E-state index in [1.807, 2.05) is 41.5 Å². The highest BCUT2D eigenvalue weighted by Gasteiger charge is 2.40. The molecule has 11 nitrogen and oxygen atoms in total. The van der Waals surface area contributed by atoms with Gasteiger partial charge in [-0.05, 0) is 41.7 Å². The molecule has 0 rings (SSSR count). The quantitative estimate of drug-likeness (QED) is 0.134. The van der Waals surface area contributed by atoms with Crippen molar-refractivity contribution in [1.82, 2.24) is 9.80 Å². The summed E-state index contributed by atoms with van der Waals surface area (Å²) in [4.78, 5) is 53.8. The molecule has 0 aromatic heterocycles. The van der Waals surface area contributed by atoms with Crippen LogP contribution >= 0.6 is 0 Å². The van der Waals surface area contributed by atoms with Gasteiger partial charge in [0.15, 0.2) is 0 Å². The van der Waals surface area contributed by atoms with Crippen molar-refractivity contribution in [3.8, 4) is 0 Å². The van der Waals surface area contributed by atoms with Crippen LogP contribution in [0.15, 0.2) is 0 Å². The number of aliphatic hydroxyl groups is 1. The molecular weight excluding hydrogens is 592 g/mol. The average Bonchev–Trinajstić information content (AvgIpc) is 3.01. The largest absolute Gasteiger partial charge is 0.400 e. The number of likely N-dealkylation sites (N-methyl/N-ethyl adjacent to an activating group) is 2. The summed E-state index contributed by atoms with van der Waals surface area (Å²) in [6, 6.07) is 0.344. The first-order valence-electron chi connectivity index (χ1n) is 16.8. The minimum atomic E-state index is -1.05. The highest BCUT2D eigenvalue weighted by atomic mass is 16.5. The number of ether oxygens (including phenoxy) is 4. The lowest BCUT2D eigenvalue weighted by Crippen LogP contribution is -2.59. The lowest BCUT2D eigenvalue weighted by Gasteiger charge is -2.42. The van der Waals surface area contributed by atoms with Gasteiger partial charge in [0.1, 0.15) is 22.9 Å². The van der Waals surface area contributed by atoms with Gasteiger partial charge in [-0.15, -0.1) is 0 Å². The van der Waals surface area contributed by atoms with Gasteiger partial charge < -0.3 is 29.0 Å². The third kappa shape index (κ3) is 18.5. The number of hydrogen-bond acceptors (Lipinski definition) is 10. The molecule has 11 heteroatoms. The lowest BCUT2D eigenvalue weighted by atomic mass is 9.99. The van der Waals surface area contributed by atoms with Crippen LogP contribution in [-0.2, 0) is 38.1 Å². The molecule has 0 spiro atoms. The summed E-state index contributed by atoms with van der Waals surface area (Å²) in [6.45, 7) is 20.8. The van der Waals surface area contributed by atoms with E-state index in [0.29, 0.717) is 19.1 Å². The van der Waals surface area contributed by atoms with Crippen LogP contribution in [0.2, 0.25) is 0 Å². The van der Waals surface area contributed by atoms with E-state index in [9.17, 15) is 19.2 Å². The summed E-state index contributed by atoms with van der Waals surface area (Å²) in [5, 5.41) is 7.00. The van der Waals surface area contributed by atoms with E-state index in [-0.39, 0.29) is 112 Å². The predicted octanol–water partition coefficient (Wildman–Crippen LogP) is 4.36. The Bertz CT molecular complexity index is 846. The first kappa shape index (κ1) is 46.4. The van der Waals surface area contributed by atoms with Crippen LogP contribution in [0.25, 0.3) is 0 Å². The van der Waals surface area contributed by atoms with Crippen molar-refractivity contribution < 1.29 is 43.2 Å². The fourth-order valence-corrected chi connectivity index (χ4v) is 4.34. The number of carbonyl (C=O) groups excluding carboxylic acids is 4. The van der Waals surface area contributed by atoms with Crippen LogP contribution in [0.3, 0.4) is 0 Å². The summed E-state index contributed by atoms with van der Waals surface area (Å²) in [5.74, 6) is -0.0978. The molecule has 0 saturated carbocycles. The number of amides is 1. The molecule has 0 heterocycles. The molecule has 0 bridgehead atoms. The summed E-state index contributed by atoms with van der Waals surface area (Å²) in [6.07, 6.45) is 0.988. The molecule has 0 aromatic rings. The molecular formula is C35H68N2O9. The fourth-order valence-electron chi connectivity index (χ4n) is 4.34. The van der Waals surface area contributed by atoms with Gasteiger partial charge in [0, 0.05) is 63.3 Å². The topological polar surface area (TPSA) is 132 Å². The maximum Gasteiger partial charge on any atom is 0.225 e. The second-order valence-electron chi connectivity index (χ2n) is 13.6. The van der Waals surface area contributed by atoms with Crippen LogP contribution in [0.4, 0.5) is 0 Å². The fraction of sp³-hybridized carbons (Fsp3) is 0.886. The average molecular weight is 661 g/mol. The highest BCUT2D eigenvalue weighted by Crippen LogP contribution is 2.22. The number of rotatable bonds is 26. The number of hydrogen-bond donors (Lipinski definition) is 1. The second kappa shape index (κ2) is 24.4. The molecule has 0 aliphatic carbocycles. The standard InChI is InChI=1S/C34H64N2O8.CH4O/c1-13-29(37)14-17-41-22-34(23-42-18-15-30(38)25(2)3,24-43-19-16-31(39)26(4)5)36(12)32(40)20-28(8)44-21-33(9,10)35(11)27(6)7;1-2/h25-28H,13-24H2,1-12H3;2H,1H3. The number of Topliss-reactive ketones (excluding diaryl/α,β-unsaturated/α-hetero) is 3. The summed E-state index contributed by atoms with van der Waals surface area (Å²) in [5.41, 5.74) is -1.27. The first-order valence-corrected chi connectivity index (χ1v) is 16.8. The van der Waals surface area contributed by atoms with Crippen molar-refractivity contribution in [2.75, 3.05) is 67.5 Å². The van der Waals surface area contributed by atoms with Crippen LogP contribution in [0.5, 0.6) is 0 Å². The molecule has 1 amide bonds. The second-order valence-corrected chi connectivity index (χ2v) is 13.6. The van der Waals surface area contributed by atoms with E-state index < -0.39 is 5.54 Å². The Morgan fingerprint density at radius 3 is 1.48 bits per heavy atom. The van der Waals surface area contributed by atoms with Gasteiger partial charge in [0.2, 0.25) is 5.91 Å². The first-order chi connectivity index (χ1) is 21.4. The lowest BCUT2D eigenvalue weighted by molar-refractivity contribution is -0.153. The van der Waals surface area contributed by atoms with Crippen molar-refractivity contribution in [2.45, 2.75) is 125 Å². The number of ketones is 3. The van der Waals surface area contributed by atoms with Crippen LogP contribution in [0, 0.1) is 11.8 Å². The molecule has 0 aliphatic heterocycles. The van der Waals surface area contributed by atoms with Crippen molar-refractivity contribution in [3.05, 3.63) is 0 Å². The van der Waals surface area contributed by atoms with Gasteiger partial charge in [-0.2, -0.15) is 0 Å². The van der Waals surface area contributed by atoms with Crippen LogP contribution in [0.1, 0.15) is 101 Å². The Kier molecular flexibility index (Phi) is 24.6. The Morgan fingerprint density at radius 1 is 0.696 bits per heavy atom. The molecule has 0 aromatic carbocycles. The maximum absolute atomic E-state index is 13.7. The molecule has 0 radical (unpaired) electrons. The monoisotopic (exact) mass is 660 g/mol. The number of aliphatic hydroxyl groups excluding tert-OH is 1. The van der Waals surface area contributed by atoms with E-state index in [4.69, 9.17) is 24.1 Å². The summed E-state index contributed by atoms with van der Waals surface area (Å²) >= 11 is 0. The zero-order chi connectivity index (χ0) is 36.1. The van der Waals surface area contributed by atoms with Crippen molar-refractivity contribution in [3.63, 3.8) is 0 Å². The van der Waals surface area contributed by atoms with Crippen LogP contribution < -0.4 is 0 Å². The summed E-state index contributed by atoms with van der Waals surface area (Å²) in [7, 11) is 4.75. The van der Waals surface area contributed by atoms with Gasteiger partial charge in [-0.1, -0.05) is 34.6 Å². The normalized spacial score (nSPS) is 12.8. The van der Waals surface area contributed by atoms with Gasteiger partial charge in [0.25, 0.3) is 0 Å². The predicted molar refractivity (Wildman–Crippen MR) is 182 cm³/mol. The highest BCUT2D eigenvalue weighted by molar-refractivity contribution is 5.80. The van der Waals surface area contributed by atoms with E-state index >= 15 is 0 Å². The van der Waals surface area contributed by atoms with Crippen molar-refractivity contribution in [1.29, 1.82) is 0 Å². The Balaban J connectivity index is 0. The molecule has 0 saturated heterocycles. The molecule has 1 atom stereocenters. The molecule has 46 heavy (non-hydrogen) atoms. The SMILES string of the molecule is CCC(=O)CCOCC(COCCC(=O)C(C)C)(COCCC(=O)C(C)C)N(C)C(=O)CC(C)OCC(C)(C)N(C)C(C)C.CO. The van der Waals surface area contributed by atoms with Gasteiger partial charge in [-0.3, -0.25) is 24.1 Å². The van der Waals surface area contributed by atoms with E-state index in [0.717, 1.165) is 7.11 Å². The van der Waals surface area contributed by atoms with E-state index in [1.165, 1.54) is 0 Å². The number of nitrogens with zero attached hydrogens (tertiary/aromatic N) is 2. The Labute approximate surface area is 280 Å². The molecule has 1 unspecified atom stereocenters. The molecule has 272 valence electrons. The van der Waals surface area contributed by atoms with E-state index in [2.05, 4.69) is 39.6 Å². The molecule has 1 N–H and O–H groups in total. The van der Waals surface area contributed by atoms with E-state index in [1.54, 1.807) is 11.9 Å². The Hall–Kier alpha value is -1.76. The smallest absolute Gasteiger partial charge is 0.225 e. The third-order valence-corrected chi connectivity index (χ3v) is 8.30. The Morgan fingerprint density at radius 2 is 1.11 bits per heavy atom. The summed E-state index contributed by atoms with van der Waals surface area (Å²) < 4.78 is 24.1. The number of carbonyl (C=O) groups is 4. The van der Waals surface area contributed by atoms with Gasteiger partial charge in [-0.25, -0.2) is 0 Å². The minimum Gasteiger partial charge on any atom is -0.400 e. The maximum atomic E-state index is 13.7. The van der Waals surface area contributed by atoms with Gasteiger partial charge >= 0.3 is 0 Å². The minimum absolute atomic E-state index is 0.0575. The zero-order valence-electron chi connectivity index (χ0n) is 31.4. The van der Waals surface area contributed by atoms with Gasteiger partial charge in [0.05, 0.1) is 58.8 Å². The zero-order valence-corrected chi connectivity index (χ0v) is 31.4.